The molecule has 1 aromatic heterocycles. The number of hydrogen-bond donors (Lipinski definition) is 2. The van der Waals surface area contributed by atoms with Crippen LogP contribution in [0.25, 0.3) is 10.4 Å². The number of nitrogens with one attached hydrogen (secondary N) is 1. The Kier molecular flexibility index (Phi) is 6.96. The van der Waals surface area contributed by atoms with Gasteiger partial charge in [-0.3, -0.25) is 14.4 Å². The standard InChI is InChI=1S/C28H35N3O4S/c1-16-11-12-36-23(16)18-7-9-19(10-8-18)28(6)14-21(30-26(28)35)22-13-20(33)15-31(22)25(34)24(27(3,4)5)29-17(2)32/h7-12,20,22,24,33H,13-15H2,1-6H3,(H,29,32). The molecule has 1 aromatic carbocycles. The van der Waals surface area contributed by atoms with Crippen LogP contribution in [0.4, 0.5) is 0 Å². The van der Waals surface area contributed by atoms with Crippen LogP contribution in [0.2, 0.25) is 0 Å². The van der Waals surface area contributed by atoms with Crippen molar-refractivity contribution < 1.29 is 19.5 Å². The van der Waals surface area contributed by atoms with Gasteiger partial charge >= 0.3 is 0 Å². The van der Waals surface area contributed by atoms with Gasteiger partial charge in [-0.15, -0.1) is 11.3 Å². The average Bonchev–Trinajstić information content (AvgIpc) is 3.48. The Morgan fingerprint density at radius 1 is 1.22 bits per heavy atom. The van der Waals surface area contributed by atoms with E-state index >= 15 is 0 Å². The third-order valence-corrected chi connectivity index (χ3v) is 8.37. The quantitative estimate of drug-likeness (QED) is 0.639. The maximum atomic E-state index is 13.6. The molecule has 4 atom stereocenters. The summed E-state index contributed by atoms with van der Waals surface area (Å²) >= 11 is 1.69. The van der Waals surface area contributed by atoms with Crippen molar-refractivity contribution in [1.29, 1.82) is 0 Å². The number of hydrogen-bond acceptors (Lipinski definition) is 5. The van der Waals surface area contributed by atoms with E-state index in [2.05, 4.69) is 28.7 Å². The zero-order valence-corrected chi connectivity index (χ0v) is 22.6. The van der Waals surface area contributed by atoms with Crippen molar-refractivity contribution in [2.24, 2.45) is 10.4 Å². The fraction of sp³-hybridized carbons (Fsp3) is 0.500. The number of nitrogens with zero attached hydrogens (tertiary/aromatic N) is 2. The fourth-order valence-corrected chi connectivity index (χ4v) is 6.13. The van der Waals surface area contributed by atoms with E-state index in [9.17, 15) is 19.5 Å². The highest BCUT2D eigenvalue weighted by molar-refractivity contribution is 7.13. The third-order valence-electron chi connectivity index (χ3n) is 7.31. The first-order valence-electron chi connectivity index (χ1n) is 12.3. The first-order chi connectivity index (χ1) is 16.8. The normalized spacial score (nSPS) is 25.1. The van der Waals surface area contributed by atoms with Gasteiger partial charge in [0.05, 0.1) is 17.6 Å². The van der Waals surface area contributed by atoms with Crippen LogP contribution in [0, 0.1) is 12.3 Å². The molecule has 4 rings (SSSR count). The molecule has 2 N–H and O–H groups in total. The zero-order chi connectivity index (χ0) is 26.4. The Labute approximate surface area is 216 Å². The van der Waals surface area contributed by atoms with E-state index in [1.807, 2.05) is 52.0 Å². The number of aliphatic hydroxyl groups excluding tert-OH is 1. The van der Waals surface area contributed by atoms with Crippen molar-refractivity contribution >= 4 is 34.8 Å². The van der Waals surface area contributed by atoms with E-state index < -0.39 is 29.0 Å². The van der Waals surface area contributed by atoms with Crippen molar-refractivity contribution in [2.45, 2.75) is 78.0 Å². The molecule has 0 radical (unpaired) electrons. The van der Waals surface area contributed by atoms with Crippen LogP contribution in [0.1, 0.15) is 58.6 Å². The van der Waals surface area contributed by atoms with Gasteiger partial charge in [0.25, 0.3) is 5.91 Å². The van der Waals surface area contributed by atoms with Gasteiger partial charge in [-0.25, -0.2) is 4.99 Å². The first kappa shape index (κ1) is 26.2. The molecule has 192 valence electrons. The summed E-state index contributed by atoms with van der Waals surface area (Å²) in [5.41, 5.74) is 2.47. The number of benzene rings is 1. The second kappa shape index (κ2) is 9.56. The largest absolute Gasteiger partial charge is 0.391 e. The SMILES string of the molecule is CC(=O)NC(C(=O)N1CC(O)CC1C1=NC(=O)C(C)(c2ccc(-c3sccc3C)cc2)C1)C(C)(C)C. The number of β-amino-alcohol motifs (C(OH)–C–C–N with tert-alkyl or cyclic N) is 1. The van der Waals surface area contributed by atoms with Crippen molar-refractivity contribution in [3.05, 3.63) is 46.8 Å². The van der Waals surface area contributed by atoms with Crippen molar-refractivity contribution in [3.63, 3.8) is 0 Å². The summed E-state index contributed by atoms with van der Waals surface area (Å²) < 4.78 is 0. The minimum Gasteiger partial charge on any atom is -0.391 e. The molecule has 1 fully saturated rings. The van der Waals surface area contributed by atoms with Crippen LogP contribution in [0.3, 0.4) is 0 Å². The van der Waals surface area contributed by atoms with E-state index in [1.54, 1.807) is 16.2 Å². The molecule has 0 aliphatic carbocycles. The predicted octanol–water partition coefficient (Wildman–Crippen LogP) is 3.87. The van der Waals surface area contributed by atoms with Crippen LogP contribution in [0.5, 0.6) is 0 Å². The summed E-state index contributed by atoms with van der Waals surface area (Å²) in [5, 5.41) is 15.3. The van der Waals surface area contributed by atoms with Gasteiger partial charge in [-0.05, 0) is 47.4 Å². The number of carbonyl (C=O) groups is 3. The molecule has 3 amide bonds. The monoisotopic (exact) mass is 509 g/mol. The minimum atomic E-state index is -0.832. The summed E-state index contributed by atoms with van der Waals surface area (Å²) in [7, 11) is 0. The third kappa shape index (κ3) is 4.89. The van der Waals surface area contributed by atoms with E-state index in [0.29, 0.717) is 18.6 Å². The van der Waals surface area contributed by atoms with Gasteiger partial charge in [0.2, 0.25) is 11.8 Å². The summed E-state index contributed by atoms with van der Waals surface area (Å²) in [6.07, 6.45) is -0.0125. The van der Waals surface area contributed by atoms with Gasteiger partial charge in [0.1, 0.15) is 6.04 Å². The van der Waals surface area contributed by atoms with Crippen molar-refractivity contribution in [3.8, 4) is 10.4 Å². The van der Waals surface area contributed by atoms with E-state index in [1.165, 1.54) is 17.4 Å². The number of likely N-dealkylation sites (tertiary alicyclic amines) is 1. The number of carbonyl (C=O) groups excluding carboxylic acids is 3. The maximum absolute atomic E-state index is 13.6. The summed E-state index contributed by atoms with van der Waals surface area (Å²) in [6.45, 7) is 11.2. The molecule has 1 saturated heterocycles. The number of rotatable bonds is 5. The minimum absolute atomic E-state index is 0.147. The maximum Gasteiger partial charge on any atom is 0.256 e. The number of thiophene rings is 1. The molecule has 2 aliphatic rings. The predicted molar refractivity (Wildman–Crippen MR) is 142 cm³/mol. The Hall–Kier alpha value is -2.84. The fourth-order valence-electron chi connectivity index (χ4n) is 5.20. The van der Waals surface area contributed by atoms with Gasteiger partial charge in [-0.2, -0.15) is 0 Å². The first-order valence-corrected chi connectivity index (χ1v) is 13.2. The molecule has 0 spiro atoms. The summed E-state index contributed by atoms with van der Waals surface area (Å²) in [4.78, 5) is 45.9. The molecule has 7 nitrogen and oxygen atoms in total. The van der Waals surface area contributed by atoms with Crippen LogP contribution < -0.4 is 5.32 Å². The lowest BCUT2D eigenvalue weighted by atomic mass is 9.78. The lowest BCUT2D eigenvalue weighted by Gasteiger charge is -2.35. The Morgan fingerprint density at radius 2 is 1.89 bits per heavy atom. The number of aliphatic imine (C=N–C) groups is 1. The van der Waals surface area contributed by atoms with Gasteiger partial charge in [0, 0.05) is 36.9 Å². The van der Waals surface area contributed by atoms with Crippen LogP contribution in [-0.2, 0) is 19.8 Å². The highest BCUT2D eigenvalue weighted by atomic mass is 32.1. The molecule has 36 heavy (non-hydrogen) atoms. The number of aliphatic hydroxyl groups is 1. The summed E-state index contributed by atoms with van der Waals surface area (Å²) in [6, 6.07) is 8.93. The average molecular weight is 510 g/mol. The lowest BCUT2D eigenvalue weighted by Crippen LogP contribution is -2.56. The molecular formula is C28H35N3O4S. The van der Waals surface area contributed by atoms with Crippen LogP contribution in [-0.4, -0.2) is 58.2 Å². The van der Waals surface area contributed by atoms with Gasteiger partial charge in [0.15, 0.2) is 0 Å². The molecule has 0 bridgehead atoms. The zero-order valence-electron chi connectivity index (χ0n) is 21.8. The Morgan fingerprint density at radius 3 is 2.44 bits per heavy atom. The number of aryl methyl sites for hydroxylation is 1. The molecule has 3 heterocycles. The summed E-state index contributed by atoms with van der Waals surface area (Å²) in [5.74, 6) is -0.791. The highest BCUT2D eigenvalue weighted by Gasteiger charge is 2.49. The second-order valence-corrected chi connectivity index (χ2v) is 12.2. The highest BCUT2D eigenvalue weighted by Crippen LogP contribution is 2.39. The van der Waals surface area contributed by atoms with Gasteiger partial charge in [-0.1, -0.05) is 45.0 Å². The molecule has 8 heteroatoms. The molecule has 4 unspecified atom stereocenters. The second-order valence-electron chi connectivity index (χ2n) is 11.3. The molecular weight excluding hydrogens is 474 g/mol. The Balaban J connectivity index is 1.58. The Bertz CT molecular complexity index is 1210. The number of amides is 3. The van der Waals surface area contributed by atoms with Crippen LogP contribution in [0.15, 0.2) is 40.7 Å². The van der Waals surface area contributed by atoms with Crippen molar-refractivity contribution in [1.82, 2.24) is 10.2 Å². The van der Waals surface area contributed by atoms with E-state index in [-0.39, 0.29) is 24.3 Å². The topological polar surface area (TPSA) is 99.1 Å². The van der Waals surface area contributed by atoms with E-state index in [4.69, 9.17) is 0 Å². The van der Waals surface area contributed by atoms with Crippen molar-refractivity contribution in [2.75, 3.05) is 6.54 Å². The van der Waals surface area contributed by atoms with E-state index in [0.717, 1.165) is 11.1 Å². The van der Waals surface area contributed by atoms with Crippen LogP contribution >= 0.6 is 11.3 Å². The molecule has 0 saturated carbocycles. The van der Waals surface area contributed by atoms with Gasteiger partial charge < -0.3 is 15.3 Å². The molecule has 2 aliphatic heterocycles. The lowest BCUT2D eigenvalue weighted by molar-refractivity contribution is -0.139. The smallest absolute Gasteiger partial charge is 0.256 e. The molecule has 2 aromatic rings.